The van der Waals surface area contributed by atoms with E-state index in [9.17, 15) is 0 Å². The summed E-state index contributed by atoms with van der Waals surface area (Å²) < 4.78 is 7.56. The highest BCUT2D eigenvalue weighted by atomic mass is 16.5. The van der Waals surface area contributed by atoms with Gasteiger partial charge in [-0.3, -0.25) is 9.97 Å². The van der Waals surface area contributed by atoms with Crippen LogP contribution in [0.1, 0.15) is 35.7 Å². The molecule has 0 saturated heterocycles. The zero-order valence-corrected chi connectivity index (χ0v) is 14.8. The van der Waals surface area contributed by atoms with Gasteiger partial charge >= 0.3 is 0 Å². The zero-order valence-electron chi connectivity index (χ0n) is 14.8. The van der Waals surface area contributed by atoms with Gasteiger partial charge in [0.25, 0.3) is 0 Å². The fraction of sp³-hybridized carbons (Fsp3) is 0.250. The minimum atomic E-state index is 0.124. The Labute approximate surface area is 146 Å². The Balaban J connectivity index is 1.90. The Morgan fingerprint density at radius 3 is 2.64 bits per heavy atom. The van der Waals surface area contributed by atoms with E-state index >= 15 is 0 Å². The molecule has 0 aliphatic heterocycles. The highest BCUT2D eigenvalue weighted by Gasteiger charge is 2.17. The number of hydrogen-bond donors (Lipinski definition) is 0. The molecule has 126 valence electrons. The first kappa shape index (κ1) is 15.6. The van der Waals surface area contributed by atoms with Crippen molar-refractivity contribution in [1.29, 1.82) is 0 Å². The SMILES string of the molecule is Cc1noc(C)c1-c1cnc2c(C)cn(C(C)c3ccccn3)c2c1. The second kappa shape index (κ2) is 5.84. The first-order valence-electron chi connectivity index (χ1n) is 8.37. The molecule has 0 aliphatic carbocycles. The van der Waals surface area contributed by atoms with Gasteiger partial charge in [0, 0.05) is 29.7 Å². The van der Waals surface area contributed by atoms with Crippen LogP contribution in [0.4, 0.5) is 0 Å². The molecule has 5 heteroatoms. The number of fused-ring (bicyclic) bond motifs is 1. The summed E-state index contributed by atoms with van der Waals surface area (Å²) in [5.74, 6) is 0.811. The second-order valence-corrected chi connectivity index (χ2v) is 6.44. The van der Waals surface area contributed by atoms with Gasteiger partial charge < -0.3 is 9.09 Å². The molecule has 0 amide bonds. The molecule has 25 heavy (non-hydrogen) atoms. The van der Waals surface area contributed by atoms with Crippen molar-refractivity contribution in [1.82, 2.24) is 19.7 Å². The van der Waals surface area contributed by atoms with Crippen molar-refractivity contribution in [2.24, 2.45) is 0 Å². The lowest BCUT2D eigenvalue weighted by molar-refractivity contribution is 0.393. The molecule has 4 rings (SSSR count). The lowest BCUT2D eigenvalue weighted by Gasteiger charge is -2.15. The van der Waals surface area contributed by atoms with Crippen LogP contribution in [0.2, 0.25) is 0 Å². The average molecular weight is 332 g/mol. The maximum atomic E-state index is 5.32. The van der Waals surface area contributed by atoms with Crippen molar-refractivity contribution in [2.75, 3.05) is 0 Å². The fourth-order valence-electron chi connectivity index (χ4n) is 3.41. The van der Waals surface area contributed by atoms with Crippen molar-refractivity contribution >= 4 is 11.0 Å². The molecule has 0 saturated carbocycles. The van der Waals surface area contributed by atoms with E-state index in [1.54, 1.807) is 0 Å². The number of aryl methyl sites for hydroxylation is 3. The number of aromatic nitrogens is 4. The van der Waals surface area contributed by atoms with E-state index in [4.69, 9.17) is 9.51 Å². The summed E-state index contributed by atoms with van der Waals surface area (Å²) in [7, 11) is 0. The standard InChI is InChI=1S/C20H20N4O/c1-12-11-24(14(3)17-7-5-6-8-21-17)18-9-16(10-22-20(12)18)19-13(2)23-25-15(19)4/h5-11,14H,1-4H3. The summed E-state index contributed by atoms with van der Waals surface area (Å²) in [6, 6.07) is 8.30. The van der Waals surface area contributed by atoms with Gasteiger partial charge in [0.2, 0.25) is 0 Å². The van der Waals surface area contributed by atoms with Crippen LogP contribution in [0.3, 0.4) is 0 Å². The maximum Gasteiger partial charge on any atom is 0.141 e. The van der Waals surface area contributed by atoms with Crippen LogP contribution in [0.15, 0.2) is 47.4 Å². The van der Waals surface area contributed by atoms with Crippen molar-refractivity contribution < 1.29 is 4.52 Å². The molecule has 4 aromatic rings. The lowest BCUT2D eigenvalue weighted by Crippen LogP contribution is -2.07. The van der Waals surface area contributed by atoms with Gasteiger partial charge in [-0.15, -0.1) is 0 Å². The Hall–Kier alpha value is -2.95. The van der Waals surface area contributed by atoms with E-state index in [-0.39, 0.29) is 6.04 Å². The van der Waals surface area contributed by atoms with Crippen LogP contribution in [0.25, 0.3) is 22.2 Å². The van der Waals surface area contributed by atoms with Gasteiger partial charge in [0.1, 0.15) is 5.76 Å². The van der Waals surface area contributed by atoms with Crippen LogP contribution in [0, 0.1) is 20.8 Å². The molecule has 0 spiro atoms. The fourth-order valence-corrected chi connectivity index (χ4v) is 3.41. The van der Waals surface area contributed by atoms with Crippen LogP contribution in [0.5, 0.6) is 0 Å². The molecule has 1 unspecified atom stereocenters. The third-order valence-corrected chi connectivity index (χ3v) is 4.71. The molecule has 0 bridgehead atoms. The molecule has 0 fully saturated rings. The van der Waals surface area contributed by atoms with Crippen LogP contribution in [-0.4, -0.2) is 19.7 Å². The number of nitrogens with zero attached hydrogens (tertiary/aromatic N) is 4. The first-order valence-corrected chi connectivity index (χ1v) is 8.37. The predicted molar refractivity (Wildman–Crippen MR) is 97.5 cm³/mol. The van der Waals surface area contributed by atoms with Gasteiger partial charge in [0.15, 0.2) is 0 Å². The average Bonchev–Trinajstić information content (AvgIpc) is 3.14. The zero-order chi connectivity index (χ0) is 17.6. The normalized spacial score (nSPS) is 12.6. The summed E-state index contributed by atoms with van der Waals surface area (Å²) >= 11 is 0. The molecule has 0 N–H and O–H groups in total. The maximum absolute atomic E-state index is 5.32. The summed E-state index contributed by atoms with van der Waals surface area (Å²) in [6.07, 6.45) is 5.88. The third kappa shape index (κ3) is 2.52. The Bertz CT molecular complexity index is 1030. The van der Waals surface area contributed by atoms with E-state index in [1.807, 2.05) is 38.4 Å². The summed E-state index contributed by atoms with van der Waals surface area (Å²) in [6.45, 7) is 8.13. The van der Waals surface area contributed by atoms with Crippen molar-refractivity contribution in [3.05, 3.63) is 65.6 Å². The summed E-state index contributed by atoms with van der Waals surface area (Å²) in [4.78, 5) is 9.21. The van der Waals surface area contributed by atoms with Gasteiger partial charge in [-0.25, -0.2) is 0 Å². The van der Waals surface area contributed by atoms with E-state index in [0.717, 1.165) is 44.9 Å². The second-order valence-electron chi connectivity index (χ2n) is 6.44. The highest BCUT2D eigenvalue weighted by molar-refractivity contribution is 5.85. The predicted octanol–water partition coefficient (Wildman–Crippen LogP) is 4.62. The molecule has 0 aliphatic rings. The van der Waals surface area contributed by atoms with E-state index in [2.05, 4.69) is 46.9 Å². The minimum absolute atomic E-state index is 0.124. The van der Waals surface area contributed by atoms with E-state index in [0.29, 0.717) is 0 Å². The first-order chi connectivity index (χ1) is 12.1. The number of hydrogen-bond acceptors (Lipinski definition) is 4. The van der Waals surface area contributed by atoms with Gasteiger partial charge in [-0.05, 0) is 51.5 Å². The quantitative estimate of drug-likeness (QED) is 0.549. The smallest absolute Gasteiger partial charge is 0.141 e. The minimum Gasteiger partial charge on any atom is -0.361 e. The highest BCUT2D eigenvalue weighted by Crippen LogP contribution is 2.32. The summed E-state index contributed by atoms with van der Waals surface area (Å²) in [5, 5.41) is 4.06. The topological polar surface area (TPSA) is 56.7 Å². The lowest BCUT2D eigenvalue weighted by atomic mass is 10.1. The molecular formula is C20H20N4O. The number of pyridine rings is 2. The van der Waals surface area contributed by atoms with Crippen molar-refractivity contribution in [3.63, 3.8) is 0 Å². The molecule has 4 aromatic heterocycles. The molecule has 4 heterocycles. The van der Waals surface area contributed by atoms with Crippen LogP contribution >= 0.6 is 0 Å². The molecule has 5 nitrogen and oxygen atoms in total. The molecule has 0 radical (unpaired) electrons. The van der Waals surface area contributed by atoms with E-state index in [1.165, 1.54) is 0 Å². The largest absolute Gasteiger partial charge is 0.361 e. The van der Waals surface area contributed by atoms with Gasteiger partial charge in [-0.2, -0.15) is 0 Å². The van der Waals surface area contributed by atoms with Crippen molar-refractivity contribution in [2.45, 2.75) is 33.7 Å². The third-order valence-electron chi connectivity index (χ3n) is 4.71. The summed E-state index contributed by atoms with van der Waals surface area (Å²) in [5.41, 5.74) is 7.21. The Morgan fingerprint density at radius 2 is 1.96 bits per heavy atom. The van der Waals surface area contributed by atoms with Crippen molar-refractivity contribution in [3.8, 4) is 11.1 Å². The Morgan fingerprint density at radius 1 is 1.12 bits per heavy atom. The van der Waals surface area contributed by atoms with E-state index < -0.39 is 0 Å². The van der Waals surface area contributed by atoms with Crippen LogP contribution in [-0.2, 0) is 0 Å². The van der Waals surface area contributed by atoms with Gasteiger partial charge in [-0.1, -0.05) is 11.2 Å². The van der Waals surface area contributed by atoms with Crippen LogP contribution < -0.4 is 0 Å². The molecule has 0 aromatic carbocycles. The molecule has 1 atom stereocenters. The Kier molecular flexibility index (Phi) is 3.64. The number of rotatable bonds is 3. The van der Waals surface area contributed by atoms with Gasteiger partial charge in [0.05, 0.1) is 28.5 Å². The monoisotopic (exact) mass is 332 g/mol. The molecular weight excluding hydrogens is 312 g/mol.